The van der Waals surface area contributed by atoms with Gasteiger partial charge in [0.2, 0.25) is 0 Å². The van der Waals surface area contributed by atoms with E-state index in [-0.39, 0.29) is 12.1 Å². The maximum Gasteiger partial charge on any atom is 0.321 e. The third-order valence-electron chi connectivity index (χ3n) is 6.09. The fourth-order valence-corrected chi connectivity index (χ4v) is 4.71. The molecule has 2 amide bonds. The molecule has 2 aliphatic heterocycles. The molecule has 2 fully saturated rings. The molecule has 8 heteroatoms. The summed E-state index contributed by atoms with van der Waals surface area (Å²) in [5.74, 6) is 0.645. The van der Waals surface area contributed by atoms with Gasteiger partial charge < -0.3 is 15.0 Å². The number of carbonyl (C=O) groups excluding carboxylic acids is 1. The number of hydrogen-bond acceptors (Lipinski definition) is 5. The second-order valence-corrected chi connectivity index (χ2v) is 9.16. The van der Waals surface area contributed by atoms with Gasteiger partial charge in [0, 0.05) is 44.2 Å². The van der Waals surface area contributed by atoms with Crippen LogP contribution in [0.15, 0.2) is 18.5 Å². The van der Waals surface area contributed by atoms with E-state index in [4.69, 9.17) is 4.74 Å². The molecule has 2 unspecified atom stereocenters. The summed E-state index contributed by atoms with van der Waals surface area (Å²) in [6, 6.07) is 2.15. The van der Waals surface area contributed by atoms with Gasteiger partial charge in [-0.2, -0.15) is 5.10 Å². The number of pyridine rings is 1. The first kappa shape index (κ1) is 21.1. The number of hydrogen-bond donors (Lipinski definition) is 1. The molecule has 0 aromatic carbocycles. The Morgan fingerprint density at radius 1 is 1.20 bits per heavy atom. The normalized spacial score (nSPS) is 24.0. The molecule has 0 bridgehead atoms. The zero-order valence-corrected chi connectivity index (χ0v) is 18.5. The van der Waals surface area contributed by atoms with Crippen molar-refractivity contribution >= 4 is 22.8 Å². The number of anilines is 1. The van der Waals surface area contributed by atoms with Crippen molar-refractivity contribution in [3.63, 3.8) is 0 Å². The summed E-state index contributed by atoms with van der Waals surface area (Å²) in [6.45, 7) is 13.2. The van der Waals surface area contributed by atoms with Crippen molar-refractivity contribution in [2.75, 3.05) is 38.0 Å². The molecule has 2 aromatic rings. The van der Waals surface area contributed by atoms with Gasteiger partial charge in [0.1, 0.15) is 0 Å². The number of rotatable bonds is 4. The third kappa shape index (κ3) is 4.75. The molecule has 0 spiro atoms. The van der Waals surface area contributed by atoms with Crippen molar-refractivity contribution in [1.82, 2.24) is 24.6 Å². The molecular weight excluding hydrogens is 380 g/mol. The molecular formula is C22H34N6O2. The number of ether oxygens (including phenoxy) is 1. The number of piperidine rings is 1. The number of fused-ring (bicyclic) bond motifs is 1. The van der Waals surface area contributed by atoms with E-state index in [1.165, 1.54) is 0 Å². The number of amides is 2. The van der Waals surface area contributed by atoms with Gasteiger partial charge in [0.15, 0.2) is 5.65 Å². The molecule has 4 heterocycles. The quantitative estimate of drug-likeness (QED) is 0.830. The van der Waals surface area contributed by atoms with Crippen molar-refractivity contribution in [1.29, 1.82) is 0 Å². The van der Waals surface area contributed by atoms with Crippen LogP contribution in [0.5, 0.6) is 0 Å². The van der Waals surface area contributed by atoms with Crippen LogP contribution in [0.3, 0.4) is 0 Å². The lowest BCUT2D eigenvalue weighted by Gasteiger charge is -2.39. The first-order chi connectivity index (χ1) is 14.4. The monoisotopic (exact) mass is 414 g/mol. The summed E-state index contributed by atoms with van der Waals surface area (Å²) >= 11 is 0. The van der Waals surface area contributed by atoms with Crippen LogP contribution in [0.25, 0.3) is 11.0 Å². The Labute approximate surface area is 178 Å². The lowest BCUT2D eigenvalue weighted by Crippen LogP contribution is -2.49. The molecule has 4 rings (SSSR count). The highest BCUT2D eigenvalue weighted by Crippen LogP contribution is 2.23. The molecule has 164 valence electrons. The van der Waals surface area contributed by atoms with E-state index in [0.717, 1.165) is 56.6 Å². The molecule has 30 heavy (non-hydrogen) atoms. The van der Waals surface area contributed by atoms with E-state index >= 15 is 0 Å². The highest BCUT2D eigenvalue weighted by atomic mass is 16.5. The number of urea groups is 1. The molecule has 2 atom stereocenters. The Bertz CT molecular complexity index is 864. The number of carbonyl (C=O) groups is 1. The first-order valence-corrected chi connectivity index (χ1v) is 11.2. The van der Waals surface area contributed by atoms with Crippen LogP contribution in [-0.4, -0.2) is 75.5 Å². The van der Waals surface area contributed by atoms with E-state index in [1.807, 2.05) is 15.6 Å². The van der Waals surface area contributed by atoms with Gasteiger partial charge in [0.25, 0.3) is 0 Å². The Hall–Kier alpha value is -2.19. The Morgan fingerprint density at radius 2 is 1.90 bits per heavy atom. The lowest BCUT2D eigenvalue weighted by atomic mass is 9.96. The molecule has 2 aliphatic rings. The molecule has 0 radical (unpaired) electrons. The second kappa shape index (κ2) is 8.89. The third-order valence-corrected chi connectivity index (χ3v) is 6.09. The van der Waals surface area contributed by atoms with E-state index in [1.54, 1.807) is 12.4 Å². The Balaban J connectivity index is 1.29. The van der Waals surface area contributed by atoms with Crippen LogP contribution in [0.2, 0.25) is 0 Å². The number of nitrogens with zero attached hydrogens (tertiary/aromatic N) is 5. The summed E-state index contributed by atoms with van der Waals surface area (Å²) in [5, 5.41) is 8.34. The molecule has 0 saturated carbocycles. The summed E-state index contributed by atoms with van der Waals surface area (Å²) in [4.78, 5) is 21.7. The highest BCUT2D eigenvalue weighted by Gasteiger charge is 2.28. The minimum atomic E-state index is -0.0422. The van der Waals surface area contributed by atoms with Gasteiger partial charge in [-0.05, 0) is 52.5 Å². The average Bonchev–Trinajstić information content (AvgIpc) is 3.11. The Kier molecular flexibility index (Phi) is 6.24. The summed E-state index contributed by atoms with van der Waals surface area (Å²) in [5.41, 5.74) is 1.56. The van der Waals surface area contributed by atoms with Crippen LogP contribution < -0.4 is 5.32 Å². The van der Waals surface area contributed by atoms with Crippen molar-refractivity contribution in [2.45, 2.75) is 58.8 Å². The van der Waals surface area contributed by atoms with Crippen LogP contribution in [-0.2, 0) is 4.74 Å². The van der Waals surface area contributed by atoms with Crippen molar-refractivity contribution in [3.05, 3.63) is 18.5 Å². The predicted molar refractivity (Wildman–Crippen MR) is 118 cm³/mol. The van der Waals surface area contributed by atoms with Gasteiger partial charge in [-0.15, -0.1) is 0 Å². The minimum absolute atomic E-state index is 0.0422. The van der Waals surface area contributed by atoms with Gasteiger partial charge >= 0.3 is 6.03 Å². The van der Waals surface area contributed by atoms with Gasteiger partial charge in [0.05, 0.1) is 30.3 Å². The zero-order chi connectivity index (χ0) is 21.3. The average molecular weight is 415 g/mol. The smallest absolute Gasteiger partial charge is 0.321 e. The predicted octanol–water partition coefficient (Wildman–Crippen LogP) is 3.37. The minimum Gasteiger partial charge on any atom is -0.373 e. The number of likely N-dealkylation sites (tertiary alicyclic amines) is 1. The topological polar surface area (TPSA) is 75.5 Å². The van der Waals surface area contributed by atoms with Gasteiger partial charge in [-0.3, -0.25) is 4.90 Å². The first-order valence-electron chi connectivity index (χ1n) is 11.2. The van der Waals surface area contributed by atoms with E-state index in [9.17, 15) is 4.79 Å². The van der Waals surface area contributed by atoms with Gasteiger partial charge in [-0.1, -0.05) is 0 Å². The molecule has 2 saturated heterocycles. The van der Waals surface area contributed by atoms with Crippen LogP contribution in [0, 0.1) is 5.92 Å². The van der Waals surface area contributed by atoms with Gasteiger partial charge in [-0.25, -0.2) is 14.5 Å². The number of morpholine rings is 1. The fraction of sp³-hybridized carbons (Fsp3) is 0.682. The lowest BCUT2D eigenvalue weighted by molar-refractivity contribution is -0.0728. The van der Waals surface area contributed by atoms with Crippen molar-refractivity contribution in [3.8, 4) is 0 Å². The number of nitrogens with one attached hydrogen (secondary N) is 1. The highest BCUT2D eigenvalue weighted by molar-refractivity contribution is 5.91. The Morgan fingerprint density at radius 3 is 2.57 bits per heavy atom. The summed E-state index contributed by atoms with van der Waals surface area (Å²) in [7, 11) is 0. The fourth-order valence-electron chi connectivity index (χ4n) is 4.71. The SMILES string of the molecule is CC1CN(CC2CCN(C(=O)Nc3cnc4c(cnn4C(C)C)c3)CC2)CC(C)O1. The van der Waals surface area contributed by atoms with Crippen molar-refractivity contribution in [2.24, 2.45) is 5.92 Å². The second-order valence-electron chi connectivity index (χ2n) is 9.16. The maximum absolute atomic E-state index is 12.7. The molecule has 8 nitrogen and oxygen atoms in total. The molecule has 1 N–H and O–H groups in total. The maximum atomic E-state index is 12.7. The van der Waals surface area contributed by atoms with E-state index < -0.39 is 0 Å². The zero-order valence-electron chi connectivity index (χ0n) is 18.5. The molecule has 0 aliphatic carbocycles. The van der Waals surface area contributed by atoms with Crippen LogP contribution in [0.4, 0.5) is 10.5 Å². The summed E-state index contributed by atoms with van der Waals surface area (Å²) < 4.78 is 7.73. The van der Waals surface area contributed by atoms with E-state index in [2.05, 4.69) is 48.0 Å². The van der Waals surface area contributed by atoms with Crippen LogP contribution in [0.1, 0.15) is 46.6 Å². The van der Waals surface area contributed by atoms with Crippen molar-refractivity contribution < 1.29 is 9.53 Å². The number of aromatic nitrogens is 3. The molecule has 2 aromatic heterocycles. The standard InChI is InChI=1S/C22H34N6O2/c1-15(2)28-21-19(10-24-28)9-20(11-23-21)25-22(29)27-7-5-18(6-8-27)14-26-12-16(3)30-17(4)13-26/h9-11,15-18H,5-8,12-14H2,1-4H3,(H,25,29). The summed E-state index contributed by atoms with van der Waals surface area (Å²) in [6.07, 6.45) is 6.22. The van der Waals surface area contributed by atoms with E-state index in [0.29, 0.717) is 23.8 Å². The van der Waals surface area contributed by atoms with Crippen LogP contribution >= 0.6 is 0 Å². The largest absolute Gasteiger partial charge is 0.373 e.